The van der Waals surface area contributed by atoms with Crippen molar-refractivity contribution in [2.75, 3.05) is 18.8 Å². The van der Waals surface area contributed by atoms with Crippen molar-refractivity contribution in [2.45, 2.75) is 31.3 Å². The molecule has 3 rings (SSSR count). The molecule has 0 N–H and O–H groups in total. The normalized spacial score (nSPS) is 22.6. The van der Waals surface area contributed by atoms with Gasteiger partial charge < -0.3 is 4.42 Å². The molecule has 0 aliphatic carbocycles. The van der Waals surface area contributed by atoms with Crippen LogP contribution in [0.1, 0.15) is 25.3 Å². The second kappa shape index (κ2) is 5.59. The van der Waals surface area contributed by atoms with Crippen molar-refractivity contribution in [1.29, 1.82) is 0 Å². The lowest BCUT2D eigenvalue weighted by Crippen LogP contribution is -2.49. The molecule has 1 aromatic heterocycles. The largest absolute Gasteiger partial charge is 0.439 e. The standard InChI is InChI=1S/C15H17F3N2O2S/c1-14(2)9-20(5-6-23(14)21)8-13-19-11-7-10(15(16,17)18)3-4-12(11)22-13/h3-4,7H,5-6,8-9H2,1-2H3. The molecule has 0 amide bonds. The average Bonchev–Trinajstić information content (AvgIpc) is 2.82. The maximum atomic E-state index is 12.7. The summed E-state index contributed by atoms with van der Waals surface area (Å²) in [6, 6.07) is 3.28. The van der Waals surface area contributed by atoms with E-state index in [1.807, 2.05) is 13.8 Å². The monoisotopic (exact) mass is 346 g/mol. The SMILES string of the molecule is CC1(C)CN(Cc2nc3cc(C(F)(F)F)ccc3o2)CCS1=O. The van der Waals surface area contributed by atoms with Gasteiger partial charge in [0.1, 0.15) is 5.52 Å². The molecule has 1 saturated heterocycles. The number of halogens is 3. The topological polar surface area (TPSA) is 46.3 Å². The van der Waals surface area contributed by atoms with Crippen molar-refractivity contribution < 1.29 is 21.8 Å². The van der Waals surface area contributed by atoms with E-state index in [1.54, 1.807) is 0 Å². The Morgan fingerprint density at radius 3 is 2.78 bits per heavy atom. The van der Waals surface area contributed by atoms with Crippen LogP contribution in [0.25, 0.3) is 11.1 Å². The maximum Gasteiger partial charge on any atom is 0.416 e. The van der Waals surface area contributed by atoms with Gasteiger partial charge in [0.2, 0.25) is 5.89 Å². The molecule has 0 spiro atoms. The van der Waals surface area contributed by atoms with Crippen LogP contribution in [-0.4, -0.2) is 37.7 Å². The van der Waals surface area contributed by atoms with E-state index in [4.69, 9.17) is 4.42 Å². The molecule has 2 heterocycles. The average molecular weight is 346 g/mol. The van der Waals surface area contributed by atoms with E-state index in [0.29, 0.717) is 36.9 Å². The van der Waals surface area contributed by atoms with E-state index in [1.165, 1.54) is 6.07 Å². The Labute approximate surface area is 134 Å². The van der Waals surface area contributed by atoms with Crippen LogP contribution in [0.3, 0.4) is 0 Å². The van der Waals surface area contributed by atoms with Crippen molar-refractivity contribution in [3.63, 3.8) is 0 Å². The molecule has 126 valence electrons. The Morgan fingerprint density at radius 2 is 2.13 bits per heavy atom. The lowest BCUT2D eigenvalue weighted by molar-refractivity contribution is -0.137. The van der Waals surface area contributed by atoms with E-state index in [9.17, 15) is 17.4 Å². The molecule has 0 bridgehead atoms. The molecular formula is C15H17F3N2O2S. The third kappa shape index (κ3) is 3.42. The summed E-state index contributed by atoms with van der Waals surface area (Å²) in [5.74, 6) is 0.952. The fraction of sp³-hybridized carbons (Fsp3) is 0.533. The first-order chi connectivity index (χ1) is 10.6. The summed E-state index contributed by atoms with van der Waals surface area (Å²) in [5.41, 5.74) is -0.193. The number of rotatable bonds is 2. The molecule has 1 aliphatic rings. The second-order valence-electron chi connectivity index (χ2n) is 6.31. The fourth-order valence-corrected chi connectivity index (χ4v) is 4.03. The first kappa shape index (κ1) is 16.4. The quantitative estimate of drug-likeness (QED) is 0.838. The van der Waals surface area contributed by atoms with Crippen LogP contribution in [0.4, 0.5) is 13.2 Å². The highest BCUT2D eigenvalue weighted by Crippen LogP contribution is 2.31. The predicted octanol–water partition coefficient (Wildman–Crippen LogP) is 3.19. The zero-order chi connectivity index (χ0) is 16.8. The highest BCUT2D eigenvalue weighted by Gasteiger charge is 2.34. The predicted molar refractivity (Wildman–Crippen MR) is 81.4 cm³/mol. The number of nitrogens with zero attached hydrogens (tertiary/aromatic N) is 2. The molecule has 8 heteroatoms. The molecule has 4 nitrogen and oxygen atoms in total. The summed E-state index contributed by atoms with van der Waals surface area (Å²) in [6.07, 6.45) is -4.39. The van der Waals surface area contributed by atoms with Crippen molar-refractivity contribution in [2.24, 2.45) is 0 Å². The molecule has 23 heavy (non-hydrogen) atoms. The zero-order valence-corrected chi connectivity index (χ0v) is 13.6. The van der Waals surface area contributed by atoms with Gasteiger partial charge in [-0.2, -0.15) is 13.2 Å². The number of aromatic nitrogens is 1. The van der Waals surface area contributed by atoms with Gasteiger partial charge in [-0.3, -0.25) is 9.11 Å². The minimum Gasteiger partial charge on any atom is -0.439 e. The minimum atomic E-state index is -4.39. The smallest absolute Gasteiger partial charge is 0.416 e. The summed E-state index contributed by atoms with van der Waals surface area (Å²) >= 11 is 0. The first-order valence-electron chi connectivity index (χ1n) is 7.23. The van der Waals surface area contributed by atoms with Gasteiger partial charge in [-0.05, 0) is 32.0 Å². The Hall–Kier alpha value is -1.41. The van der Waals surface area contributed by atoms with E-state index < -0.39 is 22.5 Å². The van der Waals surface area contributed by atoms with Gasteiger partial charge >= 0.3 is 6.18 Å². The molecule has 1 aliphatic heterocycles. The third-order valence-electron chi connectivity index (χ3n) is 3.93. The molecule has 0 radical (unpaired) electrons. The van der Waals surface area contributed by atoms with Crippen LogP contribution in [0.15, 0.2) is 22.6 Å². The van der Waals surface area contributed by atoms with Gasteiger partial charge in [-0.15, -0.1) is 0 Å². The fourth-order valence-electron chi connectivity index (χ4n) is 2.72. The van der Waals surface area contributed by atoms with Crippen LogP contribution in [0.2, 0.25) is 0 Å². The third-order valence-corrected chi connectivity index (χ3v) is 5.85. The summed E-state index contributed by atoms with van der Waals surface area (Å²) in [6.45, 7) is 5.57. The number of oxazole rings is 1. The summed E-state index contributed by atoms with van der Waals surface area (Å²) in [7, 11) is -0.875. The Bertz CT molecular complexity index is 755. The highest BCUT2D eigenvalue weighted by atomic mass is 32.2. The van der Waals surface area contributed by atoms with Crippen LogP contribution in [0.5, 0.6) is 0 Å². The van der Waals surface area contributed by atoms with Gasteiger partial charge in [-0.25, -0.2) is 4.98 Å². The second-order valence-corrected chi connectivity index (χ2v) is 8.51. The van der Waals surface area contributed by atoms with Crippen LogP contribution >= 0.6 is 0 Å². The van der Waals surface area contributed by atoms with Crippen LogP contribution in [-0.2, 0) is 23.5 Å². The van der Waals surface area contributed by atoms with Crippen LogP contribution < -0.4 is 0 Å². The minimum absolute atomic E-state index is 0.203. The van der Waals surface area contributed by atoms with Gasteiger partial charge in [0.25, 0.3) is 0 Å². The Balaban J connectivity index is 1.80. The van der Waals surface area contributed by atoms with Crippen molar-refractivity contribution >= 4 is 21.9 Å². The molecule has 1 aromatic carbocycles. The zero-order valence-electron chi connectivity index (χ0n) is 12.8. The molecule has 1 fully saturated rings. The first-order valence-corrected chi connectivity index (χ1v) is 8.54. The summed E-state index contributed by atoms with van der Waals surface area (Å²) in [5, 5.41) is 0. The lowest BCUT2D eigenvalue weighted by Gasteiger charge is -2.36. The van der Waals surface area contributed by atoms with Gasteiger partial charge in [-0.1, -0.05) is 0 Å². The number of fused-ring (bicyclic) bond motifs is 1. The Morgan fingerprint density at radius 1 is 1.39 bits per heavy atom. The molecular weight excluding hydrogens is 329 g/mol. The van der Waals surface area contributed by atoms with E-state index in [-0.39, 0.29) is 10.3 Å². The number of hydrogen-bond donors (Lipinski definition) is 0. The Kier molecular flexibility index (Phi) is 4.00. The van der Waals surface area contributed by atoms with Gasteiger partial charge in [0, 0.05) is 29.6 Å². The molecule has 1 atom stereocenters. The number of hydrogen-bond acceptors (Lipinski definition) is 4. The number of benzene rings is 1. The molecule has 0 saturated carbocycles. The van der Waals surface area contributed by atoms with E-state index in [0.717, 1.165) is 12.1 Å². The van der Waals surface area contributed by atoms with Crippen LogP contribution in [0, 0.1) is 0 Å². The van der Waals surface area contributed by atoms with E-state index in [2.05, 4.69) is 9.88 Å². The van der Waals surface area contributed by atoms with Gasteiger partial charge in [0.15, 0.2) is 5.58 Å². The van der Waals surface area contributed by atoms with Gasteiger partial charge in [0.05, 0.1) is 16.9 Å². The number of alkyl halides is 3. The summed E-state index contributed by atoms with van der Waals surface area (Å²) < 4.78 is 55.3. The molecule has 1 unspecified atom stereocenters. The van der Waals surface area contributed by atoms with E-state index >= 15 is 0 Å². The maximum absolute atomic E-state index is 12.7. The highest BCUT2D eigenvalue weighted by molar-refractivity contribution is 7.86. The van der Waals surface area contributed by atoms with Crippen molar-refractivity contribution in [1.82, 2.24) is 9.88 Å². The van der Waals surface area contributed by atoms with Crippen molar-refractivity contribution in [3.05, 3.63) is 29.7 Å². The summed E-state index contributed by atoms with van der Waals surface area (Å²) in [4.78, 5) is 6.23. The molecule has 2 aromatic rings. The van der Waals surface area contributed by atoms with Crippen molar-refractivity contribution in [3.8, 4) is 0 Å². The lowest BCUT2D eigenvalue weighted by atomic mass is 10.2.